The lowest BCUT2D eigenvalue weighted by Crippen LogP contribution is -2.36. The molecule has 1 fully saturated rings. The monoisotopic (exact) mass is 459 g/mol. The van der Waals surface area contributed by atoms with E-state index < -0.39 is 5.82 Å². The number of carbonyl (C=O) groups excluding carboxylic acids is 1. The normalized spacial score (nSPS) is 15.7. The van der Waals surface area contributed by atoms with E-state index in [1.807, 2.05) is 11.8 Å². The van der Waals surface area contributed by atoms with Gasteiger partial charge in [0, 0.05) is 25.7 Å². The molecule has 0 unspecified atom stereocenters. The fourth-order valence-electron chi connectivity index (χ4n) is 3.74. The fraction of sp³-hybridized carbons (Fsp3) is 0.364. The van der Waals surface area contributed by atoms with E-state index in [-0.39, 0.29) is 40.1 Å². The summed E-state index contributed by atoms with van der Waals surface area (Å²) in [6.07, 6.45) is 4.47. The summed E-state index contributed by atoms with van der Waals surface area (Å²) in [5.41, 5.74) is 14.0. The maximum absolute atomic E-state index is 14.9. The van der Waals surface area contributed by atoms with Crippen molar-refractivity contribution in [2.75, 3.05) is 18.4 Å². The first-order valence-corrected chi connectivity index (χ1v) is 10.6. The zero-order chi connectivity index (χ0) is 23.4. The molecule has 0 radical (unpaired) electrons. The molecular formula is C22H27ClFN7O. The van der Waals surface area contributed by atoms with Gasteiger partial charge >= 0.3 is 0 Å². The van der Waals surface area contributed by atoms with E-state index in [4.69, 9.17) is 23.1 Å². The Morgan fingerprint density at radius 2 is 2.00 bits per heavy atom. The minimum atomic E-state index is -0.413. The van der Waals surface area contributed by atoms with Gasteiger partial charge in [0.2, 0.25) is 11.9 Å². The van der Waals surface area contributed by atoms with E-state index in [2.05, 4.69) is 20.3 Å². The van der Waals surface area contributed by atoms with Gasteiger partial charge < -0.3 is 21.7 Å². The SMILES string of the molecule is CC(=O)N1CCC(c2cc(F)c(Nc3ncc(Cl)c(N=C(N)/C=C(/C)N)n3)cc2C)CC1. The second-order valence-electron chi connectivity index (χ2n) is 7.88. The van der Waals surface area contributed by atoms with Crippen molar-refractivity contribution < 1.29 is 9.18 Å². The van der Waals surface area contributed by atoms with Crippen LogP contribution in [0.5, 0.6) is 0 Å². The number of amidine groups is 1. The van der Waals surface area contributed by atoms with E-state index in [9.17, 15) is 9.18 Å². The Bertz CT molecular complexity index is 1070. The Hall–Kier alpha value is -3.20. The molecule has 1 aromatic heterocycles. The number of nitrogens with one attached hydrogen (secondary N) is 1. The number of likely N-dealkylation sites (tertiary alicyclic amines) is 1. The number of aromatic nitrogens is 2. The highest BCUT2D eigenvalue weighted by Gasteiger charge is 2.24. The average Bonchev–Trinajstić information content (AvgIpc) is 2.72. The highest BCUT2D eigenvalue weighted by atomic mass is 35.5. The summed E-state index contributed by atoms with van der Waals surface area (Å²) in [5, 5.41) is 3.09. The van der Waals surface area contributed by atoms with Crippen LogP contribution in [0.1, 0.15) is 43.7 Å². The van der Waals surface area contributed by atoms with Gasteiger partial charge in [0.15, 0.2) is 5.82 Å². The van der Waals surface area contributed by atoms with Gasteiger partial charge in [-0.1, -0.05) is 11.6 Å². The van der Waals surface area contributed by atoms with Gasteiger partial charge in [0.05, 0.1) is 11.9 Å². The van der Waals surface area contributed by atoms with E-state index >= 15 is 0 Å². The summed E-state index contributed by atoms with van der Waals surface area (Å²) >= 11 is 6.11. The van der Waals surface area contributed by atoms with Gasteiger partial charge in [0.1, 0.15) is 16.7 Å². The van der Waals surface area contributed by atoms with Crippen LogP contribution in [0.25, 0.3) is 0 Å². The second kappa shape index (κ2) is 9.95. The second-order valence-corrected chi connectivity index (χ2v) is 8.29. The molecule has 1 aliphatic rings. The summed E-state index contributed by atoms with van der Waals surface area (Å²) in [7, 11) is 0. The first-order chi connectivity index (χ1) is 15.1. The number of nitrogens with two attached hydrogens (primary N) is 2. The van der Waals surface area contributed by atoms with E-state index in [1.165, 1.54) is 12.3 Å². The molecule has 2 heterocycles. The third-order valence-electron chi connectivity index (χ3n) is 5.32. The van der Waals surface area contributed by atoms with Crippen molar-refractivity contribution in [3.8, 4) is 0 Å². The molecule has 1 aromatic carbocycles. The highest BCUT2D eigenvalue weighted by molar-refractivity contribution is 6.32. The zero-order valence-electron chi connectivity index (χ0n) is 18.3. The average molecular weight is 460 g/mol. The van der Waals surface area contributed by atoms with Crippen LogP contribution in [0.15, 0.2) is 35.1 Å². The summed E-state index contributed by atoms with van der Waals surface area (Å²) in [6, 6.07) is 3.28. The Kier molecular flexibility index (Phi) is 7.29. The van der Waals surface area contributed by atoms with Crippen molar-refractivity contribution in [2.24, 2.45) is 16.5 Å². The molecule has 170 valence electrons. The number of piperidine rings is 1. The molecule has 1 aliphatic heterocycles. The van der Waals surface area contributed by atoms with Gasteiger partial charge in [-0.05, 0) is 61.9 Å². The lowest BCUT2D eigenvalue weighted by Gasteiger charge is -2.32. The number of halogens is 2. The Labute approximate surface area is 191 Å². The number of hydrogen-bond acceptors (Lipinski definition) is 6. The predicted molar refractivity (Wildman–Crippen MR) is 125 cm³/mol. The summed E-state index contributed by atoms with van der Waals surface area (Å²) < 4.78 is 14.9. The summed E-state index contributed by atoms with van der Waals surface area (Å²) in [5.74, 6) is 0.293. The molecule has 1 saturated heterocycles. The van der Waals surface area contributed by atoms with Gasteiger partial charge in [-0.2, -0.15) is 4.98 Å². The van der Waals surface area contributed by atoms with Gasteiger partial charge in [-0.15, -0.1) is 0 Å². The fourth-order valence-corrected chi connectivity index (χ4v) is 3.88. The van der Waals surface area contributed by atoms with E-state index in [0.29, 0.717) is 18.8 Å². The summed E-state index contributed by atoms with van der Waals surface area (Å²) in [4.78, 5) is 25.8. The molecule has 0 saturated carbocycles. The lowest BCUT2D eigenvalue weighted by atomic mass is 9.86. The van der Waals surface area contributed by atoms with Gasteiger partial charge in [-0.3, -0.25) is 4.79 Å². The number of anilines is 2. The number of aryl methyl sites for hydroxylation is 1. The minimum Gasteiger partial charge on any atom is -0.402 e. The first kappa shape index (κ1) is 23.5. The van der Waals surface area contributed by atoms with Crippen molar-refractivity contribution in [3.63, 3.8) is 0 Å². The van der Waals surface area contributed by atoms with Crippen LogP contribution >= 0.6 is 11.6 Å². The predicted octanol–water partition coefficient (Wildman–Crippen LogP) is 3.90. The maximum Gasteiger partial charge on any atom is 0.229 e. The van der Waals surface area contributed by atoms with Crippen molar-refractivity contribution in [2.45, 2.75) is 39.5 Å². The molecule has 1 amide bonds. The van der Waals surface area contributed by atoms with Gasteiger partial charge in [-0.25, -0.2) is 14.4 Å². The number of carbonyl (C=O) groups is 1. The molecule has 2 aromatic rings. The number of rotatable bonds is 5. The van der Waals surface area contributed by atoms with E-state index in [1.54, 1.807) is 26.0 Å². The standard InChI is InChI=1S/C22H27ClFN7O/c1-12-8-19(18(24)10-16(12)15-4-6-31(7-5-15)14(3)32)28-22-27-11-17(23)21(30-22)29-20(26)9-13(2)25/h8-11,15H,4-7,25H2,1-3H3,(H3,26,27,28,29,30)/b13-9-. The smallest absolute Gasteiger partial charge is 0.229 e. The van der Waals surface area contributed by atoms with Crippen LogP contribution in [-0.4, -0.2) is 39.7 Å². The van der Waals surface area contributed by atoms with Crippen molar-refractivity contribution in [1.82, 2.24) is 14.9 Å². The maximum atomic E-state index is 14.9. The number of aliphatic imine (C=N–C) groups is 1. The number of allylic oxidation sites excluding steroid dienone is 1. The molecular weight excluding hydrogens is 433 g/mol. The Morgan fingerprint density at radius 3 is 2.62 bits per heavy atom. The highest BCUT2D eigenvalue weighted by Crippen LogP contribution is 2.34. The minimum absolute atomic E-state index is 0.0773. The molecule has 5 N–H and O–H groups in total. The van der Waals surface area contributed by atoms with Crippen LogP contribution in [0.3, 0.4) is 0 Å². The van der Waals surface area contributed by atoms with Crippen molar-refractivity contribution >= 4 is 40.8 Å². The third kappa shape index (κ3) is 5.73. The molecule has 10 heteroatoms. The van der Waals surface area contributed by atoms with Crippen LogP contribution in [0, 0.1) is 12.7 Å². The quantitative estimate of drug-likeness (QED) is 0.460. The molecule has 0 aliphatic carbocycles. The number of hydrogen-bond donors (Lipinski definition) is 3. The zero-order valence-corrected chi connectivity index (χ0v) is 19.1. The number of nitrogens with zero attached hydrogens (tertiary/aromatic N) is 4. The molecule has 8 nitrogen and oxygen atoms in total. The molecule has 0 atom stereocenters. The molecule has 0 spiro atoms. The van der Waals surface area contributed by atoms with Crippen LogP contribution in [0.2, 0.25) is 5.02 Å². The van der Waals surface area contributed by atoms with Crippen LogP contribution < -0.4 is 16.8 Å². The van der Waals surface area contributed by atoms with Crippen LogP contribution in [-0.2, 0) is 4.79 Å². The number of amides is 1. The topological polar surface area (TPSA) is 123 Å². The molecule has 3 rings (SSSR count). The van der Waals surface area contributed by atoms with E-state index in [0.717, 1.165) is 24.0 Å². The van der Waals surface area contributed by atoms with Gasteiger partial charge in [0.25, 0.3) is 0 Å². The summed E-state index contributed by atoms with van der Waals surface area (Å²) in [6.45, 7) is 6.57. The Morgan fingerprint density at radius 1 is 1.31 bits per heavy atom. The number of benzene rings is 1. The molecule has 0 bridgehead atoms. The van der Waals surface area contributed by atoms with Crippen molar-refractivity contribution in [1.29, 1.82) is 0 Å². The molecule has 32 heavy (non-hydrogen) atoms. The third-order valence-corrected chi connectivity index (χ3v) is 5.59. The largest absolute Gasteiger partial charge is 0.402 e. The Balaban J connectivity index is 1.80. The first-order valence-electron chi connectivity index (χ1n) is 10.3. The van der Waals surface area contributed by atoms with Crippen molar-refractivity contribution in [3.05, 3.63) is 52.1 Å². The lowest BCUT2D eigenvalue weighted by molar-refractivity contribution is -0.129. The van der Waals surface area contributed by atoms with Crippen LogP contribution in [0.4, 0.5) is 21.8 Å².